The lowest BCUT2D eigenvalue weighted by molar-refractivity contribution is -0.134. The van der Waals surface area contributed by atoms with Gasteiger partial charge in [0.05, 0.1) is 12.1 Å². The van der Waals surface area contributed by atoms with Crippen LogP contribution in [0.5, 0.6) is 0 Å². The van der Waals surface area contributed by atoms with Crippen LogP contribution >= 0.6 is 0 Å². The fraction of sp³-hybridized carbons (Fsp3) is 0.833. The number of ketones is 1. The molecule has 0 radical (unpaired) electrons. The fourth-order valence-corrected chi connectivity index (χ4v) is 10.1. The molecule has 0 aromatic carbocycles. The number of nitriles is 1. The molecule has 196 valence electrons. The van der Waals surface area contributed by atoms with Gasteiger partial charge in [-0.3, -0.25) is 9.48 Å². The summed E-state index contributed by atoms with van der Waals surface area (Å²) >= 11 is 0. The summed E-state index contributed by atoms with van der Waals surface area (Å²) < 4.78 is 1.68. The van der Waals surface area contributed by atoms with Gasteiger partial charge in [-0.05, 0) is 131 Å². The van der Waals surface area contributed by atoms with E-state index < -0.39 is 5.60 Å². The van der Waals surface area contributed by atoms with Crippen LogP contribution < -0.4 is 0 Å². The Morgan fingerprint density at radius 2 is 1.92 bits per heavy atom. The summed E-state index contributed by atoms with van der Waals surface area (Å²) in [4.78, 5) is 16.5. The summed E-state index contributed by atoms with van der Waals surface area (Å²) in [5, 5.41) is 24.2. The monoisotopic (exact) mass is 492 g/mol. The number of fused-ring (bicyclic) bond motifs is 5. The van der Waals surface area contributed by atoms with Crippen molar-refractivity contribution < 1.29 is 9.90 Å². The summed E-state index contributed by atoms with van der Waals surface area (Å²) in [6, 6.07) is 3.79. The zero-order chi connectivity index (χ0) is 25.1. The molecule has 4 aliphatic carbocycles. The van der Waals surface area contributed by atoms with Crippen LogP contribution in [0.25, 0.3) is 0 Å². The molecule has 1 aliphatic heterocycles. The highest BCUT2D eigenvalue weighted by molar-refractivity contribution is 5.82. The van der Waals surface area contributed by atoms with Crippen LogP contribution in [0.2, 0.25) is 0 Å². The minimum Gasteiger partial charge on any atom is -0.390 e. The van der Waals surface area contributed by atoms with E-state index in [2.05, 4.69) is 23.0 Å². The van der Waals surface area contributed by atoms with E-state index in [9.17, 15) is 9.90 Å². The minimum atomic E-state index is -0.474. The zero-order valence-electron chi connectivity index (χ0n) is 22.2. The van der Waals surface area contributed by atoms with Crippen LogP contribution in [0.1, 0.15) is 83.7 Å². The molecule has 0 amide bonds. The first kappa shape index (κ1) is 24.6. The number of likely N-dealkylation sites (tertiary alicyclic amines) is 1. The van der Waals surface area contributed by atoms with Crippen molar-refractivity contribution >= 4 is 5.78 Å². The van der Waals surface area contributed by atoms with E-state index in [0.717, 1.165) is 50.0 Å². The largest absolute Gasteiger partial charge is 0.390 e. The number of aromatic nitrogens is 2. The van der Waals surface area contributed by atoms with E-state index in [0.29, 0.717) is 35.8 Å². The highest BCUT2D eigenvalue weighted by atomic mass is 16.3. The topological polar surface area (TPSA) is 82.1 Å². The molecule has 5 fully saturated rings. The normalized spacial score (nSPS) is 44.4. The number of Topliss-reactive ketones (excluding diaryl/α,β-unsaturated/α-hetero) is 1. The Labute approximate surface area is 216 Å². The molecule has 4 saturated carbocycles. The Balaban J connectivity index is 1.26. The van der Waals surface area contributed by atoms with Crippen molar-refractivity contribution in [1.82, 2.24) is 14.7 Å². The standard InChI is InChI=1S/C30H44N4O2/c1-29(36)10-7-23-20(16-29)5-6-25-24(23)8-11-30(2)26(27(35)19-34-14-9-22(17-31)32-34)15-21(28(25)30)18-33-12-3-4-13-33/h9,14,20-21,23-26,28,36H,3-8,10-13,15-16,18-19H2,1-2H3/t20-,21+,23+,24-,25-,26-,28+,29-,30-/m1/s1. The summed E-state index contributed by atoms with van der Waals surface area (Å²) in [6.45, 7) is 8.40. The van der Waals surface area contributed by atoms with E-state index in [1.54, 1.807) is 16.9 Å². The van der Waals surface area contributed by atoms with E-state index >= 15 is 0 Å². The first-order valence-corrected chi connectivity index (χ1v) is 14.7. The summed E-state index contributed by atoms with van der Waals surface area (Å²) in [5.74, 6) is 4.60. The quantitative estimate of drug-likeness (QED) is 0.646. The number of carbonyl (C=O) groups is 1. The average molecular weight is 493 g/mol. The van der Waals surface area contributed by atoms with Crippen molar-refractivity contribution in [2.45, 2.75) is 90.2 Å². The molecule has 1 aromatic heterocycles. The maximum Gasteiger partial charge on any atom is 0.162 e. The van der Waals surface area contributed by atoms with Gasteiger partial charge in [-0.25, -0.2) is 0 Å². The zero-order valence-corrected chi connectivity index (χ0v) is 22.2. The van der Waals surface area contributed by atoms with Crippen molar-refractivity contribution in [1.29, 1.82) is 5.26 Å². The molecule has 0 spiro atoms. The molecule has 6 nitrogen and oxygen atoms in total. The van der Waals surface area contributed by atoms with Gasteiger partial charge in [-0.1, -0.05) is 6.92 Å². The van der Waals surface area contributed by atoms with Gasteiger partial charge in [0.2, 0.25) is 0 Å². The van der Waals surface area contributed by atoms with Gasteiger partial charge >= 0.3 is 0 Å². The molecule has 2 heterocycles. The maximum atomic E-state index is 13.8. The van der Waals surface area contributed by atoms with Crippen LogP contribution in [0, 0.1) is 58.2 Å². The number of aliphatic hydroxyl groups is 1. The van der Waals surface area contributed by atoms with E-state index in [4.69, 9.17) is 5.26 Å². The SMILES string of the molecule is C[C@@]1(O)CC[C@H]2[C@H](CC[C@@H]3[C@@H]2CC[C@@]2(C)[C@H]3[C@H](CN3CCCC3)C[C@@H]2C(=O)Cn2ccc(C#N)n2)C1. The van der Waals surface area contributed by atoms with Crippen molar-refractivity contribution in [3.8, 4) is 6.07 Å². The van der Waals surface area contributed by atoms with Crippen LogP contribution in [0.3, 0.4) is 0 Å². The minimum absolute atomic E-state index is 0.0703. The number of rotatable bonds is 5. The third kappa shape index (κ3) is 4.25. The van der Waals surface area contributed by atoms with Gasteiger partial charge in [0, 0.05) is 18.7 Å². The van der Waals surface area contributed by atoms with Gasteiger partial charge < -0.3 is 10.0 Å². The van der Waals surface area contributed by atoms with Crippen LogP contribution in [0.15, 0.2) is 12.3 Å². The second-order valence-corrected chi connectivity index (χ2v) is 13.7. The third-order valence-corrected chi connectivity index (χ3v) is 11.5. The fourth-order valence-electron chi connectivity index (χ4n) is 10.1. The van der Waals surface area contributed by atoms with Gasteiger partial charge in [0.25, 0.3) is 0 Å². The number of carbonyl (C=O) groups excluding carboxylic acids is 1. The van der Waals surface area contributed by atoms with Gasteiger partial charge in [0.1, 0.15) is 6.07 Å². The Bertz CT molecular complexity index is 1020. The highest BCUT2D eigenvalue weighted by Crippen LogP contribution is 2.66. The molecule has 6 heteroatoms. The molecular weight excluding hydrogens is 448 g/mol. The van der Waals surface area contributed by atoms with E-state index in [1.165, 1.54) is 51.6 Å². The molecule has 1 aromatic rings. The lowest BCUT2D eigenvalue weighted by Crippen LogP contribution is -2.52. The molecule has 0 bridgehead atoms. The molecule has 1 N–H and O–H groups in total. The smallest absolute Gasteiger partial charge is 0.162 e. The number of hydrogen-bond acceptors (Lipinski definition) is 5. The Morgan fingerprint density at radius 3 is 2.67 bits per heavy atom. The molecule has 5 aliphatic rings. The Kier molecular flexibility index (Phi) is 6.32. The maximum absolute atomic E-state index is 13.8. The molecule has 6 rings (SSSR count). The van der Waals surface area contributed by atoms with E-state index in [1.807, 2.05) is 6.92 Å². The first-order valence-electron chi connectivity index (χ1n) is 14.7. The second-order valence-electron chi connectivity index (χ2n) is 13.7. The molecular formula is C30H44N4O2. The van der Waals surface area contributed by atoms with Crippen LogP contribution in [-0.2, 0) is 11.3 Å². The van der Waals surface area contributed by atoms with E-state index in [-0.39, 0.29) is 11.3 Å². The number of hydrogen-bond donors (Lipinski definition) is 1. The summed E-state index contributed by atoms with van der Waals surface area (Å²) in [6.07, 6.45) is 13.5. The van der Waals surface area contributed by atoms with Crippen molar-refractivity contribution in [2.75, 3.05) is 19.6 Å². The second kappa shape index (κ2) is 9.24. The van der Waals surface area contributed by atoms with Gasteiger partial charge in [-0.2, -0.15) is 10.4 Å². The summed E-state index contributed by atoms with van der Waals surface area (Å²) in [5.41, 5.74) is -0.0204. The van der Waals surface area contributed by atoms with Crippen LogP contribution in [0.4, 0.5) is 0 Å². The lowest BCUT2D eigenvalue weighted by Gasteiger charge is -2.57. The Morgan fingerprint density at radius 1 is 1.14 bits per heavy atom. The van der Waals surface area contributed by atoms with Crippen LogP contribution in [-0.4, -0.2) is 50.8 Å². The lowest BCUT2D eigenvalue weighted by atomic mass is 9.48. The summed E-state index contributed by atoms with van der Waals surface area (Å²) in [7, 11) is 0. The first-order chi connectivity index (χ1) is 17.3. The third-order valence-electron chi connectivity index (χ3n) is 11.5. The van der Waals surface area contributed by atoms with Crippen molar-refractivity contribution in [3.05, 3.63) is 18.0 Å². The molecule has 0 unspecified atom stereocenters. The molecule has 36 heavy (non-hydrogen) atoms. The van der Waals surface area contributed by atoms with Gasteiger partial charge in [-0.15, -0.1) is 0 Å². The van der Waals surface area contributed by atoms with Crippen molar-refractivity contribution in [2.24, 2.45) is 46.8 Å². The van der Waals surface area contributed by atoms with Crippen molar-refractivity contribution in [3.63, 3.8) is 0 Å². The highest BCUT2D eigenvalue weighted by Gasteiger charge is 2.62. The van der Waals surface area contributed by atoms with Gasteiger partial charge in [0.15, 0.2) is 11.5 Å². The number of nitrogens with zero attached hydrogens (tertiary/aromatic N) is 4. The molecule has 9 atom stereocenters. The predicted molar refractivity (Wildman–Crippen MR) is 138 cm³/mol. The average Bonchev–Trinajstić information content (AvgIpc) is 3.58. The Hall–Kier alpha value is -1.71. The molecule has 1 saturated heterocycles. The predicted octanol–water partition coefficient (Wildman–Crippen LogP) is 4.67.